The maximum Gasteiger partial charge on any atom is 0.0347 e. The highest BCUT2D eigenvalue weighted by atomic mass is 14.9. The van der Waals surface area contributed by atoms with E-state index in [0.717, 1.165) is 5.92 Å². The van der Waals surface area contributed by atoms with E-state index >= 15 is 0 Å². The van der Waals surface area contributed by atoms with E-state index in [2.05, 4.69) is 58.1 Å². The van der Waals surface area contributed by atoms with Crippen molar-refractivity contribution in [1.29, 1.82) is 0 Å². The van der Waals surface area contributed by atoms with E-state index in [-0.39, 0.29) is 0 Å². The van der Waals surface area contributed by atoms with Gasteiger partial charge in [-0.05, 0) is 55.9 Å². The Labute approximate surface area is 107 Å². The van der Waals surface area contributed by atoms with E-state index in [4.69, 9.17) is 0 Å². The van der Waals surface area contributed by atoms with Gasteiger partial charge in [-0.3, -0.25) is 0 Å². The van der Waals surface area contributed by atoms with Gasteiger partial charge in [0.25, 0.3) is 0 Å². The van der Waals surface area contributed by atoms with Gasteiger partial charge in [0.1, 0.15) is 0 Å². The average Bonchev–Trinajstić information content (AvgIpc) is 2.26. The van der Waals surface area contributed by atoms with Crippen molar-refractivity contribution >= 4 is 5.69 Å². The third-order valence-electron chi connectivity index (χ3n) is 3.47. The summed E-state index contributed by atoms with van der Waals surface area (Å²) in [6, 6.07) is 7.31. The molecule has 0 aromatic heterocycles. The van der Waals surface area contributed by atoms with Crippen molar-refractivity contribution in [2.24, 2.45) is 5.92 Å². The predicted octanol–water partition coefficient (Wildman–Crippen LogP) is 4.93. The molecule has 1 N–H and O–H groups in total. The SMILES string of the molecule is CCC(C)CC(CC)Nc1cc(C)cc(C)c1. The first-order chi connectivity index (χ1) is 8.05. The van der Waals surface area contributed by atoms with Crippen molar-refractivity contribution in [3.63, 3.8) is 0 Å². The summed E-state index contributed by atoms with van der Waals surface area (Å²) in [6.07, 6.45) is 3.72. The van der Waals surface area contributed by atoms with Crippen LogP contribution in [0.15, 0.2) is 18.2 Å². The van der Waals surface area contributed by atoms with Crippen molar-refractivity contribution in [3.05, 3.63) is 29.3 Å². The van der Waals surface area contributed by atoms with E-state index in [1.807, 2.05) is 0 Å². The van der Waals surface area contributed by atoms with Crippen molar-refractivity contribution in [2.45, 2.75) is 59.9 Å². The zero-order valence-electron chi connectivity index (χ0n) is 12.0. The molecule has 2 unspecified atom stereocenters. The lowest BCUT2D eigenvalue weighted by molar-refractivity contribution is 0.462. The number of hydrogen-bond donors (Lipinski definition) is 1. The number of rotatable bonds is 6. The van der Waals surface area contributed by atoms with E-state index in [1.165, 1.54) is 36.1 Å². The van der Waals surface area contributed by atoms with Gasteiger partial charge in [0.15, 0.2) is 0 Å². The zero-order valence-corrected chi connectivity index (χ0v) is 12.0. The summed E-state index contributed by atoms with van der Waals surface area (Å²) in [7, 11) is 0. The van der Waals surface area contributed by atoms with Gasteiger partial charge in [0.2, 0.25) is 0 Å². The van der Waals surface area contributed by atoms with Crippen molar-refractivity contribution in [1.82, 2.24) is 0 Å². The lowest BCUT2D eigenvalue weighted by Crippen LogP contribution is -2.21. The fourth-order valence-corrected chi connectivity index (χ4v) is 2.27. The van der Waals surface area contributed by atoms with Gasteiger partial charge in [-0.15, -0.1) is 0 Å². The van der Waals surface area contributed by atoms with E-state index < -0.39 is 0 Å². The Morgan fingerprint density at radius 1 is 1.00 bits per heavy atom. The van der Waals surface area contributed by atoms with Crippen LogP contribution in [0.5, 0.6) is 0 Å². The molecule has 0 heterocycles. The van der Waals surface area contributed by atoms with Crippen molar-refractivity contribution in [2.75, 3.05) is 5.32 Å². The molecule has 0 saturated carbocycles. The van der Waals surface area contributed by atoms with E-state index in [1.54, 1.807) is 0 Å². The second kappa shape index (κ2) is 6.68. The van der Waals surface area contributed by atoms with Crippen LogP contribution in [0.2, 0.25) is 0 Å². The van der Waals surface area contributed by atoms with Gasteiger partial charge in [0.05, 0.1) is 0 Å². The van der Waals surface area contributed by atoms with Crippen LogP contribution >= 0.6 is 0 Å². The number of hydrogen-bond acceptors (Lipinski definition) is 1. The normalized spacial score (nSPS) is 14.4. The quantitative estimate of drug-likeness (QED) is 0.734. The first-order valence-corrected chi connectivity index (χ1v) is 6.90. The van der Waals surface area contributed by atoms with E-state index in [0.29, 0.717) is 6.04 Å². The molecule has 0 saturated heterocycles. The molecule has 1 rings (SSSR count). The largest absolute Gasteiger partial charge is 0.382 e. The molecule has 0 aliphatic heterocycles. The van der Waals surface area contributed by atoms with Gasteiger partial charge < -0.3 is 5.32 Å². The molecule has 17 heavy (non-hydrogen) atoms. The Kier molecular flexibility index (Phi) is 5.54. The zero-order chi connectivity index (χ0) is 12.8. The molecule has 0 bridgehead atoms. The van der Waals surface area contributed by atoms with Crippen molar-refractivity contribution in [3.8, 4) is 0 Å². The molecule has 1 heteroatoms. The molecule has 1 nitrogen and oxygen atoms in total. The fraction of sp³-hybridized carbons (Fsp3) is 0.625. The fourth-order valence-electron chi connectivity index (χ4n) is 2.27. The molecule has 1 aromatic carbocycles. The van der Waals surface area contributed by atoms with Crippen LogP contribution < -0.4 is 5.32 Å². The molecule has 0 fully saturated rings. The van der Waals surface area contributed by atoms with Gasteiger partial charge in [-0.2, -0.15) is 0 Å². The Morgan fingerprint density at radius 3 is 2.06 bits per heavy atom. The average molecular weight is 233 g/mol. The maximum atomic E-state index is 3.68. The number of aryl methyl sites for hydroxylation is 2. The van der Waals surface area contributed by atoms with Gasteiger partial charge in [-0.1, -0.05) is 33.3 Å². The molecule has 1 aromatic rings. The number of benzene rings is 1. The summed E-state index contributed by atoms with van der Waals surface area (Å²) in [4.78, 5) is 0. The summed E-state index contributed by atoms with van der Waals surface area (Å²) < 4.78 is 0. The van der Waals surface area contributed by atoms with E-state index in [9.17, 15) is 0 Å². The Hall–Kier alpha value is -0.980. The molecule has 0 spiro atoms. The minimum Gasteiger partial charge on any atom is -0.382 e. The molecule has 0 radical (unpaired) electrons. The van der Waals surface area contributed by atoms with Crippen molar-refractivity contribution < 1.29 is 0 Å². The lowest BCUT2D eigenvalue weighted by Gasteiger charge is -2.22. The molecular weight excluding hydrogens is 206 g/mol. The Morgan fingerprint density at radius 2 is 1.59 bits per heavy atom. The third-order valence-corrected chi connectivity index (χ3v) is 3.47. The maximum absolute atomic E-state index is 3.68. The first kappa shape index (κ1) is 14.1. The monoisotopic (exact) mass is 233 g/mol. The molecule has 0 aliphatic rings. The lowest BCUT2D eigenvalue weighted by atomic mass is 9.97. The second-order valence-electron chi connectivity index (χ2n) is 5.38. The predicted molar refractivity (Wildman–Crippen MR) is 77.7 cm³/mol. The smallest absolute Gasteiger partial charge is 0.0347 e. The summed E-state index contributed by atoms with van der Waals surface area (Å²) in [5, 5.41) is 3.68. The second-order valence-corrected chi connectivity index (χ2v) is 5.38. The van der Waals surface area contributed by atoms with Crippen LogP contribution in [0.1, 0.15) is 51.2 Å². The van der Waals surface area contributed by atoms with Crippen LogP contribution in [0.3, 0.4) is 0 Å². The van der Waals surface area contributed by atoms with Crippen LogP contribution in [0.25, 0.3) is 0 Å². The highest BCUT2D eigenvalue weighted by Gasteiger charge is 2.10. The van der Waals surface area contributed by atoms with Gasteiger partial charge >= 0.3 is 0 Å². The minimum absolute atomic E-state index is 0.603. The highest BCUT2D eigenvalue weighted by Crippen LogP contribution is 2.19. The van der Waals surface area contributed by atoms with Crippen LogP contribution in [0.4, 0.5) is 5.69 Å². The number of anilines is 1. The number of nitrogens with one attached hydrogen (secondary N) is 1. The van der Waals surface area contributed by atoms with Crippen LogP contribution in [-0.2, 0) is 0 Å². The molecule has 2 atom stereocenters. The van der Waals surface area contributed by atoms with Crippen LogP contribution in [0, 0.1) is 19.8 Å². The summed E-state index contributed by atoms with van der Waals surface area (Å²) in [6.45, 7) is 11.2. The summed E-state index contributed by atoms with van der Waals surface area (Å²) in [5.41, 5.74) is 3.95. The summed E-state index contributed by atoms with van der Waals surface area (Å²) in [5.74, 6) is 0.804. The molecule has 0 amide bonds. The highest BCUT2D eigenvalue weighted by molar-refractivity contribution is 5.49. The minimum atomic E-state index is 0.603. The molecular formula is C16H27N. The molecule has 0 aliphatic carbocycles. The first-order valence-electron chi connectivity index (χ1n) is 6.90. The standard InChI is InChI=1S/C16H27N/c1-6-12(3)9-15(7-2)17-16-10-13(4)8-14(5)11-16/h8,10-12,15,17H,6-7,9H2,1-5H3. The summed E-state index contributed by atoms with van der Waals surface area (Å²) >= 11 is 0. The Bertz CT molecular complexity index is 323. The van der Waals surface area contributed by atoms with Crippen LogP contribution in [-0.4, -0.2) is 6.04 Å². The van der Waals surface area contributed by atoms with Gasteiger partial charge in [0, 0.05) is 11.7 Å². The topological polar surface area (TPSA) is 12.0 Å². The third kappa shape index (κ3) is 4.80. The Balaban J connectivity index is 2.66. The van der Waals surface area contributed by atoms with Gasteiger partial charge in [-0.25, -0.2) is 0 Å². The molecule has 96 valence electrons.